The molecule has 3 rings (SSSR count). The van der Waals surface area contributed by atoms with E-state index in [1.165, 1.54) is 19.3 Å². The molecular weight excluding hydrogens is 302 g/mol. The van der Waals surface area contributed by atoms with Gasteiger partial charge in [-0.2, -0.15) is 0 Å². The third-order valence-corrected chi connectivity index (χ3v) is 5.41. The Balaban J connectivity index is 1.43. The molecule has 2 fully saturated rings. The lowest BCUT2D eigenvalue weighted by atomic mass is 9.86. The minimum Gasteiger partial charge on any atom is -0.508 e. The van der Waals surface area contributed by atoms with Crippen molar-refractivity contribution in [3.63, 3.8) is 0 Å². The molecule has 0 aromatic heterocycles. The fourth-order valence-corrected chi connectivity index (χ4v) is 3.81. The largest absolute Gasteiger partial charge is 0.508 e. The summed E-state index contributed by atoms with van der Waals surface area (Å²) in [6.45, 7) is 6.38. The number of amides is 1. The van der Waals surface area contributed by atoms with E-state index in [0.29, 0.717) is 24.3 Å². The van der Waals surface area contributed by atoms with Crippen LogP contribution in [0.5, 0.6) is 5.75 Å². The average molecular weight is 331 g/mol. The van der Waals surface area contributed by atoms with Gasteiger partial charge in [0.25, 0.3) is 0 Å². The fraction of sp³-hybridized carbons (Fsp3) is 0.632. The molecule has 132 valence electrons. The summed E-state index contributed by atoms with van der Waals surface area (Å²) in [5.41, 5.74) is 1.13. The molecule has 1 saturated heterocycles. The van der Waals surface area contributed by atoms with Crippen LogP contribution in [0.3, 0.4) is 0 Å². The van der Waals surface area contributed by atoms with E-state index in [1.807, 2.05) is 12.1 Å². The highest BCUT2D eigenvalue weighted by molar-refractivity contribution is 5.78. The van der Waals surface area contributed by atoms with E-state index in [1.54, 1.807) is 12.1 Å². The Bertz CT molecular complexity index is 538. The summed E-state index contributed by atoms with van der Waals surface area (Å²) >= 11 is 0. The van der Waals surface area contributed by atoms with Gasteiger partial charge in [0.05, 0.1) is 6.54 Å². The highest BCUT2D eigenvalue weighted by Crippen LogP contribution is 2.24. The number of rotatable bonds is 4. The number of nitrogens with zero attached hydrogens (tertiary/aromatic N) is 2. The van der Waals surface area contributed by atoms with Gasteiger partial charge in [-0.1, -0.05) is 19.8 Å². The van der Waals surface area contributed by atoms with Gasteiger partial charge in [0.15, 0.2) is 0 Å². The van der Waals surface area contributed by atoms with Crippen molar-refractivity contribution in [1.82, 2.24) is 10.2 Å². The predicted octanol–water partition coefficient (Wildman–Crippen LogP) is 2.21. The first-order chi connectivity index (χ1) is 11.6. The molecule has 0 bridgehead atoms. The van der Waals surface area contributed by atoms with Gasteiger partial charge in [0.2, 0.25) is 5.91 Å². The molecule has 1 amide bonds. The molecule has 5 nitrogen and oxygen atoms in total. The lowest BCUT2D eigenvalue weighted by molar-refractivity contribution is -0.123. The van der Waals surface area contributed by atoms with Gasteiger partial charge in [0.1, 0.15) is 5.75 Å². The summed E-state index contributed by atoms with van der Waals surface area (Å²) in [5, 5.41) is 12.6. The maximum Gasteiger partial charge on any atom is 0.234 e. The number of hydrogen-bond donors (Lipinski definition) is 2. The molecule has 0 spiro atoms. The number of phenolic OH excluding ortho intramolecular Hbond substituents is 1. The standard InChI is InChI=1S/C19H29N3O2/c1-15-4-2-3-5-18(15)20-19(24)14-21-10-12-22(13-11-21)16-6-8-17(23)9-7-16/h6-9,15,18,23H,2-5,10-14H2,1H3,(H,20,24). The Morgan fingerprint density at radius 1 is 1.12 bits per heavy atom. The summed E-state index contributed by atoms with van der Waals surface area (Å²) < 4.78 is 0. The zero-order valence-electron chi connectivity index (χ0n) is 14.6. The van der Waals surface area contributed by atoms with Crippen LogP contribution in [0.25, 0.3) is 0 Å². The van der Waals surface area contributed by atoms with Crippen LogP contribution in [0.1, 0.15) is 32.6 Å². The quantitative estimate of drug-likeness (QED) is 0.888. The molecule has 2 aliphatic rings. The second-order valence-electron chi connectivity index (χ2n) is 7.22. The Labute approximate surface area is 144 Å². The third kappa shape index (κ3) is 4.41. The lowest BCUT2D eigenvalue weighted by Crippen LogP contribution is -2.51. The van der Waals surface area contributed by atoms with Crippen molar-refractivity contribution in [3.8, 4) is 5.75 Å². The van der Waals surface area contributed by atoms with Crippen LogP contribution in [0.15, 0.2) is 24.3 Å². The summed E-state index contributed by atoms with van der Waals surface area (Å²) in [6, 6.07) is 7.70. The van der Waals surface area contributed by atoms with Gasteiger partial charge in [-0.25, -0.2) is 0 Å². The number of nitrogens with one attached hydrogen (secondary N) is 1. The number of hydrogen-bond acceptors (Lipinski definition) is 4. The van der Waals surface area contributed by atoms with Crippen molar-refractivity contribution >= 4 is 11.6 Å². The molecule has 1 aliphatic heterocycles. The average Bonchev–Trinajstić information content (AvgIpc) is 2.58. The number of benzene rings is 1. The van der Waals surface area contributed by atoms with Crippen molar-refractivity contribution in [1.29, 1.82) is 0 Å². The van der Waals surface area contributed by atoms with Crippen molar-refractivity contribution in [2.75, 3.05) is 37.6 Å². The van der Waals surface area contributed by atoms with E-state index in [0.717, 1.165) is 38.3 Å². The number of aromatic hydroxyl groups is 1. The zero-order valence-corrected chi connectivity index (χ0v) is 14.6. The Kier molecular flexibility index (Phi) is 5.61. The van der Waals surface area contributed by atoms with Gasteiger partial charge in [-0.15, -0.1) is 0 Å². The van der Waals surface area contributed by atoms with Gasteiger partial charge < -0.3 is 15.3 Å². The number of carbonyl (C=O) groups excluding carboxylic acids is 1. The third-order valence-electron chi connectivity index (χ3n) is 5.41. The monoisotopic (exact) mass is 331 g/mol. The maximum atomic E-state index is 12.3. The van der Waals surface area contributed by atoms with Gasteiger partial charge in [0, 0.05) is 37.9 Å². The first-order valence-corrected chi connectivity index (χ1v) is 9.17. The van der Waals surface area contributed by atoms with Crippen molar-refractivity contribution in [3.05, 3.63) is 24.3 Å². The molecule has 2 N–H and O–H groups in total. The Hall–Kier alpha value is -1.75. The molecule has 1 aromatic carbocycles. The van der Waals surface area contributed by atoms with Crippen LogP contribution in [-0.2, 0) is 4.79 Å². The van der Waals surface area contributed by atoms with Crippen molar-refractivity contribution < 1.29 is 9.90 Å². The predicted molar refractivity (Wildman–Crippen MR) is 96.3 cm³/mol. The molecule has 1 saturated carbocycles. The van der Waals surface area contributed by atoms with E-state index in [4.69, 9.17) is 0 Å². The number of carbonyl (C=O) groups is 1. The lowest BCUT2D eigenvalue weighted by Gasteiger charge is -2.36. The summed E-state index contributed by atoms with van der Waals surface area (Å²) in [7, 11) is 0. The highest BCUT2D eigenvalue weighted by atomic mass is 16.3. The molecule has 2 unspecified atom stereocenters. The van der Waals surface area contributed by atoms with Crippen LogP contribution in [0.4, 0.5) is 5.69 Å². The number of phenols is 1. The second-order valence-corrected chi connectivity index (χ2v) is 7.22. The van der Waals surface area contributed by atoms with E-state index < -0.39 is 0 Å². The molecule has 0 radical (unpaired) electrons. The smallest absolute Gasteiger partial charge is 0.234 e. The SMILES string of the molecule is CC1CCCCC1NC(=O)CN1CCN(c2ccc(O)cc2)CC1. The molecule has 2 atom stereocenters. The van der Waals surface area contributed by atoms with Gasteiger partial charge in [-0.3, -0.25) is 9.69 Å². The number of anilines is 1. The normalized spacial score (nSPS) is 25.5. The summed E-state index contributed by atoms with van der Waals surface area (Å²) in [5.74, 6) is 1.08. The van der Waals surface area contributed by atoms with Gasteiger partial charge >= 0.3 is 0 Å². The topological polar surface area (TPSA) is 55.8 Å². The van der Waals surface area contributed by atoms with Crippen molar-refractivity contribution in [2.24, 2.45) is 5.92 Å². The molecule has 1 heterocycles. The first kappa shape index (κ1) is 17.1. The molecule has 1 aromatic rings. The van der Waals surface area contributed by atoms with Crippen LogP contribution in [0, 0.1) is 5.92 Å². The molecule has 5 heteroatoms. The minimum atomic E-state index is 0.173. The Morgan fingerprint density at radius 2 is 1.79 bits per heavy atom. The van der Waals surface area contributed by atoms with E-state index in [9.17, 15) is 9.90 Å². The van der Waals surface area contributed by atoms with Gasteiger partial charge in [-0.05, 0) is 43.0 Å². The van der Waals surface area contributed by atoms with Crippen LogP contribution < -0.4 is 10.2 Å². The van der Waals surface area contributed by atoms with E-state index >= 15 is 0 Å². The van der Waals surface area contributed by atoms with Crippen LogP contribution in [-0.4, -0.2) is 54.7 Å². The molecule has 1 aliphatic carbocycles. The summed E-state index contributed by atoms with van der Waals surface area (Å²) in [6.07, 6.45) is 4.89. The van der Waals surface area contributed by atoms with Crippen LogP contribution in [0.2, 0.25) is 0 Å². The van der Waals surface area contributed by atoms with E-state index in [2.05, 4.69) is 22.0 Å². The summed E-state index contributed by atoms with van der Waals surface area (Å²) in [4.78, 5) is 16.9. The minimum absolute atomic E-state index is 0.173. The van der Waals surface area contributed by atoms with Crippen LogP contribution >= 0.6 is 0 Å². The highest BCUT2D eigenvalue weighted by Gasteiger charge is 2.24. The molecule has 24 heavy (non-hydrogen) atoms. The molecular formula is C19H29N3O2. The second kappa shape index (κ2) is 7.88. The number of piperazine rings is 1. The maximum absolute atomic E-state index is 12.3. The zero-order chi connectivity index (χ0) is 16.9. The first-order valence-electron chi connectivity index (χ1n) is 9.17. The van der Waals surface area contributed by atoms with Crippen molar-refractivity contribution in [2.45, 2.75) is 38.6 Å². The van der Waals surface area contributed by atoms with E-state index in [-0.39, 0.29) is 5.91 Å². The Morgan fingerprint density at radius 3 is 2.46 bits per heavy atom. The fourth-order valence-electron chi connectivity index (χ4n) is 3.81.